The maximum Gasteiger partial charge on any atom is 0.238 e. The van der Waals surface area contributed by atoms with E-state index in [1.54, 1.807) is 13.2 Å². The summed E-state index contributed by atoms with van der Waals surface area (Å²) < 4.78 is 5.19. The number of amides is 2. The Morgan fingerprint density at radius 3 is 2.38 bits per heavy atom. The molecule has 0 saturated heterocycles. The van der Waals surface area contributed by atoms with Gasteiger partial charge in [-0.3, -0.25) is 14.5 Å². The predicted octanol–water partition coefficient (Wildman–Crippen LogP) is 3.04. The summed E-state index contributed by atoms with van der Waals surface area (Å²) in [5.41, 5.74) is 0.692. The SMILES string of the molecule is COc1cccc(NC(=O)CN(C)[C@H](C)C(=O)NC23CC4CC(CC(C4)C2)C3)c1. The molecule has 0 radical (unpaired) electrons. The highest BCUT2D eigenvalue weighted by atomic mass is 16.5. The van der Waals surface area contributed by atoms with Crippen LogP contribution in [0, 0.1) is 17.8 Å². The molecule has 0 aromatic heterocycles. The van der Waals surface area contributed by atoms with Crippen LogP contribution in [0.25, 0.3) is 0 Å². The lowest BCUT2D eigenvalue weighted by atomic mass is 9.53. The molecule has 2 N–H and O–H groups in total. The van der Waals surface area contributed by atoms with Gasteiger partial charge in [-0.25, -0.2) is 0 Å². The van der Waals surface area contributed by atoms with Crippen molar-refractivity contribution in [2.75, 3.05) is 26.0 Å². The van der Waals surface area contributed by atoms with E-state index in [9.17, 15) is 9.59 Å². The maximum atomic E-state index is 13.0. The Bertz CT molecular complexity index is 743. The molecule has 1 atom stereocenters. The molecule has 0 unspecified atom stereocenters. The molecule has 6 heteroatoms. The van der Waals surface area contributed by atoms with Crippen LogP contribution in [0.5, 0.6) is 5.75 Å². The largest absolute Gasteiger partial charge is 0.497 e. The topological polar surface area (TPSA) is 70.7 Å². The number of rotatable bonds is 7. The Hall–Kier alpha value is -2.08. The Morgan fingerprint density at radius 1 is 1.17 bits per heavy atom. The van der Waals surface area contributed by atoms with Crippen molar-refractivity contribution in [1.82, 2.24) is 10.2 Å². The highest BCUT2D eigenvalue weighted by Crippen LogP contribution is 2.55. The summed E-state index contributed by atoms with van der Waals surface area (Å²) in [6.45, 7) is 2.04. The predicted molar refractivity (Wildman–Crippen MR) is 113 cm³/mol. The smallest absolute Gasteiger partial charge is 0.238 e. The van der Waals surface area contributed by atoms with Gasteiger partial charge in [0.2, 0.25) is 11.8 Å². The van der Waals surface area contributed by atoms with E-state index in [4.69, 9.17) is 4.74 Å². The van der Waals surface area contributed by atoms with Crippen LogP contribution in [-0.2, 0) is 9.59 Å². The van der Waals surface area contributed by atoms with Crippen molar-refractivity contribution in [3.05, 3.63) is 24.3 Å². The fourth-order valence-corrected chi connectivity index (χ4v) is 6.09. The zero-order valence-corrected chi connectivity index (χ0v) is 17.7. The second-order valence-electron chi connectivity index (χ2n) is 9.56. The van der Waals surface area contributed by atoms with Crippen molar-refractivity contribution >= 4 is 17.5 Å². The molecule has 0 heterocycles. The van der Waals surface area contributed by atoms with Crippen molar-refractivity contribution in [3.63, 3.8) is 0 Å². The van der Waals surface area contributed by atoms with Crippen molar-refractivity contribution < 1.29 is 14.3 Å². The van der Waals surface area contributed by atoms with E-state index in [0.717, 1.165) is 37.0 Å². The number of nitrogens with one attached hydrogen (secondary N) is 2. The Labute approximate surface area is 173 Å². The molecule has 1 aromatic carbocycles. The third-order valence-corrected chi connectivity index (χ3v) is 7.21. The normalized spacial score (nSPS) is 30.8. The van der Waals surface area contributed by atoms with Crippen LogP contribution >= 0.6 is 0 Å². The van der Waals surface area contributed by atoms with Crippen molar-refractivity contribution in [2.45, 2.75) is 57.0 Å². The van der Waals surface area contributed by atoms with Gasteiger partial charge >= 0.3 is 0 Å². The fourth-order valence-electron chi connectivity index (χ4n) is 6.09. The maximum absolute atomic E-state index is 13.0. The summed E-state index contributed by atoms with van der Waals surface area (Å²) in [5.74, 6) is 2.98. The van der Waals surface area contributed by atoms with Crippen LogP contribution in [-0.4, -0.2) is 49.0 Å². The lowest BCUT2D eigenvalue weighted by molar-refractivity contribution is -0.131. The molecule has 29 heavy (non-hydrogen) atoms. The van der Waals surface area contributed by atoms with Crippen LogP contribution in [0.1, 0.15) is 45.4 Å². The van der Waals surface area contributed by atoms with Gasteiger partial charge in [0.1, 0.15) is 5.75 Å². The molecule has 6 nitrogen and oxygen atoms in total. The number of hydrogen-bond donors (Lipinski definition) is 2. The molecule has 4 bridgehead atoms. The quantitative estimate of drug-likeness (QED) is 0.739. The number of anilines is 1. The molecular formula is C23H33N3O3. The lowest BCUT2D eigenvalue weighted by Gasteiger charge is -2.57. The first-order valence-corrected chi connectivity index (χ1v) is 10.8. The number of methoxy groups -OCH3 is 1. The van der Waals surface area contributed by atoms with Gasteiger partial charge in [0, 0.05) is 17.3 Å². The van der Waals surface area contributed by atoms with Crippen molar-refractivity contribution in [1.29, 1.82) is 0 Å². The van der Waals surface area contributed by atoms with E-state index >= 15 is 0 Å². The molecular weight excluding hydrogens is 366 g/mol. The molecule has 158 valence electrons. The molecule has 2 amide bonds. The average molecular weight is 400 g/mol. The van der Waals surface area contributed by atoms with Crippen LogP contribution in [0.4, 0.5) is 5.69 Å². The van der Waals surface area contributed by atoms with Gasteiger partial charge in [-0.15, -0.1) is 0 Å². The first-order valence-electron chi connectivity index (χ1n) is 10.8. The first-order chi connectivity index (χ1) is 13.9. The van der Waals surface area contributed by atoms with Gasteiger partial charge < -0.3 is 15.4 Å². The summed E-state index contributed by atoms with van der Waals surface area (Å²) in [6.07, 6.45) is 7.48. The number of carbonyl (C=O) groups is 2. The molecule has 0 spiro atoms. The Morgan fingerprint density at radius 2 is 1.79 bits per heavy atom. The van der Waals surface area contributed by atoms with Crippen LogP contribution in [0.15, 0.2) is 24.3 Å². The van der Waals surface area contributed by atoms with Gasteiger partial charge in [-0.05, 0) is 82.4 Å². The number of carbonyl (C=O) groups excluding carboxylic acids is 2. The zero-order valence-electron chi connectivity index (χ0n) is 17.7. The fraction of sp³-hybridized carbons (Fsp3) is 0.652. The molecule has 4 aliphatic carbocycles. The molecule has 5 rings (SSSR count). The van der Waals surface area contributed by atoms with E-state index in [2.05, 4.69) is 10.6 Å². The highest BCUT2D eigenvalue weighted by Gasteiger charge is 2.51. The third-order valence-electron chi connectivity index (χ3n) is 7.21. The highest BCUT2D eigenvalue weighted by molar-refractivity contribution is 5.93. The van der Waals surface area contributed by atoms with E-state index in [-0.39, 0.29) is 29.9 Å². The average Bonchev–Trinajstić information content (AvgIpc) is 2.65. The Kier molecular flexibility index (Phi) is 5.56. The summed E-state index contributed by atoms with van der Waals surface area (Å²) in [5, 5.41) is 6.29. The second-order valence-corrected chi connectivity index (χ2v) is 9.56. The Balaban J connectivity index is 1.31. The number of nitrogens with zero attached hydrogens (tertiary/aromatic N) is 1. The molecule has 4 aliphatic rings. The van der Waals surface area contributed by atoms with E-state index in [0.29, 0.717) is 11.4 Å². The lowest BCUT2D eigenvalue weighted by Crippen LogP contribution is -2.62. The van der Waals surface area contributed by atoms with Gasteiger partial charge in [0.25, 0.3) is 0 Å². The molecule has 0 aliphatic heterocycles. The minimum atomic E-state index is -0.348. The van der Waals surface area contributed by atoms with Gasteiger partial charge in [0.15, 0.2) is 0 Å². The van der Waals surface area contributed by atoms with E-state index < -0.39 is 0 Å². The third kappa shape index (κ3) is 4.42. The van der Waals surface area contributed by atoms with E-state index in [1.165, 1.54) is 19.3 Å². The summed E-state index contributed by atoms with van der Waals surface area (Å²) in [7, 11) is 3.42. The van der Waals surface area contributed by atoms with Gasteiger partial charge in [0.05, 0.1) is 19.7 Å². The minimum absolute atomic E-state index is 0.00375. The molecule has 1 aromatic rings. The van der Waals surface area contributed by atoms with Crippen LogP contribution in [0.3, 0.4) is 0 Å². The van der Waals surface area contributed by atoms with Crippen LogP contribution < -0.4 is 15.4 Å². The van der Waals surface area contributed by atoms with Crippen molar-refractivity contribution in [2.24, 2.45) is 17.8 Å². The zero-order chi connectivity index (χ0) is 20.6. The minimum Gasteiger partial charge on any atom is -0.497 e. The van der Waals surface area contributed by atoms with E-state index in [1.807, 2.05) is 37.1 Å². The first kappa shape index (κ1) is 20.2. The van der Waals surface area contributed by atoms with Crippen LogP contribution in [0.2, 0.25) is 0 Å². The number of hydrogen-bond acceptors (Lipinski definition) is 4. The standard InChI is InChI=1S/C23H33N3O3/c1-15(26(2)14-21(27)24-19-5-4-6-20(10-19)29-3)22(28)25-23-11-16-7-17(12-23)9-18(8-16)13-23/h4-6,10,15-18H,7-9,11-14H2,1-3H3,(H,24,27)(H,25,28)/t15-,16?,17?,18?,23?/m1/s1. The molecule has 4 saturated carbocycles. The number of benzene rings is 1. The molecule has 4 fully saturated rings. The monoisotopic (exact) mass is 399 g/mol. The van der Waals surface area contributed by atoms with Gasteiger partial charge in [-0.1, -0.05) is 6.07 Å². The summed E-state index contributed by atoms with van der Waals surface area (Å²) in [4.78, 5) is 27.2. The van der Waals surface area contributed by atoms with Gasteiger partial charge in [-0.2, -0.15) is 0 Å². The van der Waals surface area contributed by atoms with Crippen molar-refractivity contribution in [3.8, 4) is 5.75 Å². The second kappa shape index (κ2) is 7.98. The summed E-state index contributed by atoms with van der Waals surface area (Å²) in [6, 6.07) is 6.92. The number of ether oxygens (including phenoxy) is 1. The number of likely N-dealkylation sites (N-methyl/N-ethyl adjacent to an activating group) is 1. The summed E-state index contributed by atoms with van der Waals surface area (Å²) >= 11 is 0.